The Kier molecular flexibility index (Phi) is 5.53. The van der Waals surface area contributed by atoms with Gasteiger partial charge in [0.25, 0.3) is 0 Å². The van der Waals surface area contributed by atoms with Crippen LogP contribution in [0.2, 0.25) is 0 Å². The van der Waals surface area contributed by atoms with Gasteiger partial charge in [0.15, 0.2) is 0 Å². The van der Waals surface area contributed by atoms with E-state index in [0.29, 0.717) is 12.8 Å². The summed E-state index contributed by atoms with van der Waals surface area (Å²) in [4.78, 5) is 11.5. The number of amides is 1. The van der Waals surface area contributed by atoms with E-state index in [1.807, 2.05) is 31.2 Å². The summed E-state index contributed by atoms with van der Waals surface area (Å²) in [6.07, 6.45) is 2.10. The van der Waals surface area contributed by atoms with Gasteiger partial charge in [0, 0.05) is 10.9 Å². The molecule has 0 aliphatic carbocycles. The van der Waals surface area contributed by atoms with Crippen molar-refractivity contribution in [3.63, 3.8) is 0 Å². The summed E-state index contributed by atoms with van der Waals surface area (Å²) in [5.74, 6) is 0.0936. The van der Waals surface area contributed by atoms with Crippen LogP contribution in [0.4, 0.5) is 0 Å². The standard InChI is InChI=1S/C13H17BrNO/c1-3-6-13(16)15-12(4-2)10-7-5-8-11(14)9-10/h5,7-9,12H,2-4,6H2,1H3,(H,15,16). The predicted molar refractivity (Wildman–Crippen MR) is 69.9 cm³/mol. The molecule has 0 aliphatic heterocycles. The van der Waals surface area contributed by atoms with Gasteiger partial charge in [-0.3, -0.25) is 4.79 Å². The molecule has 0 bridgehead atoms. The lowest BCUT2D eigenvalue weighted by Crippen LogP contribution is -2.27. The average molecular weight is 283 g/mol. The van der Waals surface area contributed by atoms with Gasteiger partial charge in [0.05, 0.1) is 6.04 Å². The van der Waals surface area contributed by atoms with Crippen LogP contribution in [0.15, 0.2) is 28.7 Å². The molecule has 1 aromatic rings. The number of hydrogen-bond donors (Lipinski definition) is 1. The monoisotopic (exact) mass is 282 g/mol. The first-order chi connectivity index (χ1) is 7.67. The Morgan fingerprint density at radius 1 is 1.56 bits per heavy atom. The van der Waals surface area contributed by atoms with Gasteiger partial charge in [-0.15, -0.1) is 0 Å². The highest BCUT2D eigenvalue weighted by Crippen LogP contribution is 2.20. The minimum Gasteiger partial charge on any atom is -0.349 e. The molecule has 1 unspecified atom stereocenters. The molecular formula is C13H17BrNO. The van der Waals surface area contributed by atoms with E-state index in [4.69, 9.17) is 0 Å². The fraction of sp³-hybridized carbons (Fsp3) is 0.385. The van der Waals surface area contributed by atoms with Crippen molar-refractivity contribution in [3.05, 3.63) is 41.2 Å². The van der Waals surface area contributed by atoms with E-state index in [1.54, 1.807) is 0 Å². The SMILES string of the molecule is [CH2]CC(NC(=O)CCC)c1cccc(Br)c1. The number of carbonyl (C=O) groups excluding carboxylic acids is 1. The maximum absolute atomic E-state index is 11.5. The second-order valence-corrected chi connectivity index (χ2v) is 4.63. The maximum atomic E-state index is 11.5. The lowest BCUT2D eigenvalue weighted by Gasteiger charge is -2.17. The highest BCUT2D eigenvalue weighted by Gasteiger charge is 2.11. The van der Waals surface area contributed by atoms with Crippen LogP contribution in [-0.4, -0.2) is 5.91 Å². The number of nitrogens with one attached hydrogen (secondary N) is 1. The van der Waals surface area contributed by atoms with Gasteiger partial charge in [-0.05, 0) is 30.5 Å². The summed E-state index contributed by atoms with van der Waals surface area (Å²) in [6.45, 7) is 5.87. The first kappa shape index (κ1) is 13.2. The Morgan fingerprint density at radius 3 is 2.88 bits per heavy atom. The van der Waals surface area contributed by atoms with Gasteiger partial charge >= 0.3 is 0 Å². The maximum Gasteiger partial charge on any atom is 0.220 e. The molecule has 0 heterocycles. The number of benzene rings is 1. The normalized spacial score (nSPS) is 12.2. The topological polar surface area (TPSA) is 29.1 Å². The summed E-state index contributed by atoms with van der Waals surface area (Å²) in [7, 11) is 0. The third-order valence-corrected chi connectivity index (χ3v) is 2.85. The molecule has 0 aromatic heterocycles. The van der Waals surface area contributed by atoms with Crippen molar-refractivity contribution < 1.29 is 4.79 Å². The molecule has 1 N–H and O–H groups in total. The molecule has 3 heteroatoms. The molecule has 0 saturated carbocycles. The van der Waals surface area contributed by atoms with Gasteiger partial charge < -0.3 is 5.32 Å². The van der Waals surface area contributed by atoms with Crippen LogP contribution in [0.3, 0.4) is 0 Å². The Morgan fingerprint density at radius 2 is 2.31 bits per heavy atom. The van der Waals surface area contributed by atoms with Gasteiger partial charge in [-0.1, -0.05) is 41.9 Å². The van der Waals surface area contributed by atoms with Crippen molar-refractivity contribution in [2.45, 2.75) is 32.2 Å². The molecule has 1 radical (unpaired) electrons. The van der Waals surface area contributed by atoms with E-state index in [0.717, 1.165) is 16.5 Å². The van der Waals surface area contributed by atoms with Gasteiger partial charge in [0.2, 0.25) is 5.91 Å². The molecule has 1 aromatic carbocycles. The Labute approximate surface area is 106 Å². The summed E-state index contributed by atoms with van der Waals surface area (Å²) in [5, 5.41) is 2.99. The first-order valence-corrected chi connectivity index (χ1v) is 6.30. The van der Waals surface area contributed by atoms with E-state index in [-0.39, 0.29) is 11.9 Å². The molecular weight excluding hydrogens is 266 g/mol. The first-order valence-electron chi connectivity index (χ1n) is 5.51. The summed E-state index contributed by atoms with van der Waals surface area (Å²) < 4.78 is 1.02. The Hall–Kier alpha value is -0.830. The average Bonchev–Trinajstić information content (AvgIpc) is 2.26. The van der Waals surface area contributed by atoms with Crippen molar-refractivity contribution in [2.24, 2.45) is 0 Å². The van der Waals surface area contributed by atoms with Crippen LogP contribution >= 0.6 is 15.9 Å². The van der Waals surface area contributed by atoms with Crippen molar-refractivity contribution in [1.82, 2.24) is 5.32 Å². The second kappa shape index (κ2) is 6.69. The second-order valence-electron chi connectivity index (χ2n) is 3.71. The zero-order valence-corrected chi connectivity index (χ0v) is 11.1. The van der Waals surface area contributed by atoms with E-state index >= 15 is 0 Å². The van der Waals surface area contributed by atoms with Crippen molar-refractivity contribution in [2.75, 3.05) is 0 Å². The highest BCUT2D eigenvalue weighted by atomic mass is 79.9. The van der Waals surface area contributed by atoms with E-state index in [2.05, 4.69) is 28.2 Å². The molecule has 2 nitrogen and oxygen atoms in total. The number of carbonyl (C=O) groups is 1. The summed E-state index contributed by atoms with van der Waals surface area (Å²) >= 11 is 3.42. The predicted octanol–water partition coefficient (Wildman–Crippen LogP) is 3.63. The Bertz CT molecular complexity index is 352. The zero-order chi connectivity index (χ0) is 12.0. The number of rotatable bonds is 5. The molecule has 1 atom stereocenters. The summed E-state index contributed by atoms with van der Waals surface area (Å²) in [6, 6.07) is 7.97. The van der Waals surface area contributed by atoms with Crippen LogP contribution in [-0.2, 0) is 4.79 Å². The fourth-order valence-corrected chi connectivity index (χ4v) is 1.96. The fourth-order valence-electron chi connectivity index (χ4n) is 1.54. The third kappa shape index (κ3) is 3.97. The van der Waals surface area contributed by atoms with Crippen LogP contribution in [0.25, 0.3) is 0 Å². The van der Waals surface area contributed by atoms with Crippen molar-refractivity contribution in [3.8, 4) is 0 Å². The molecule has 0 spiro atoms. The molecule has 16 heavy (non-hydrogen) atoms. The largest absolute Gasteiger partial charge is 0.349 e. The third-order valence-electron chi connectivity index (χ3n) is 2.35. The molecule has 87 valence electrons. The molecule has 0 saturated heterocycles. The van der Waals surface area contributed by atoms with Crippen molar-refractivity contribution in [1.29, 1.82) is 0 Å². The van der Waals surface area contributed by atoms with E-state index in [1.165, 1.54) is 0 Å². The zero-order valence-electron chi connectivity index (χ0n) is 9.50. The van der Waals surface area contributed by atoms with Crippen LogP contribution in [0, 0.1) is 6.92 Å². The van der Waals surface area contributed by atoms with Gasteiger partial charge in [-0.2, -0.15) is 0 Å². The lowest BCUT2D eigenvalue weighted by atomic mass is 10.0. The highest BCUT2D eigenvalue weighted by molar-refractivity contribution is 9.10. The van der Waals surface area contributed by atoms with Crippen molar-refractivity contribution >= 4 is 21.8 Å². The molecule has 0 fully saturated rings. The van der Waals surface area contributed by atoms with Crippen LogP contribution in [0.1, 0.15) is 37.8 Å². The van der Waals surface area contributed by atoms with Crippen LogP contribution < -0.4 is 5.32 Å². The lowest BCUT2D eigenvalue weighted by molar-refractivity contribution is -0.121. The summed E-state index contributed by atoms with van der Waals surface area (Å²) in [5.41, 5.74) is 1.09. The molecule has 1 rings (SSSR count). The Balaban J connectivity index is 2.70. The van der Waals surface area contributed by atoms with Gasteiger partial charge in [0.1, 0.15) is 0 Å². The number of hydrogen-bond acceptors (Lipinski definition) is 1. The molecule has 0 aliphatic rings. The van der Waals surface area contributed by atoms with E-state index in [9.17, 15) is 4.79 Å². The smallest absolute Gasteiger partial charge is 0.220 e. The molecule has 1 amide bonds. The van der Waals surface area contributed by atoms with Gasteiger partial charge in [-0.25, -0.2) is 0 Å². The number of halogens is 1. The van der Waals surface area contributed by atoms with E-state index < -0.39 is 0 Å². The quantitative estimate of drug-likeness (QED) is 0.878. The minimum atomic E-state index is 0.0107. The van der Waals surface area contributed by atoms with Crippen LogP contribution in [0.5, 0.6) is 0 Å². The minimum absolute atomic E-state index is 0.0107.